The van der Waals surface area contributed by atoms with Crippen LogP contribution in [0.2, 0.25) is 0 Å². The van der Waals surface area contributed by atoms with Gasteiger partial charge >= 0.3 is 5.97 Å². The van der Waals surface area contributed by atoms with Crippen LogP contribution in [0.5, 0.6) is 0 Å². The number of carbonyl (C=O) groups is 7. The predicted molar refractivity (Wildman–Crippen MR) is 475 cm³/mol. The van der Waals surface area contributed by atoms with E-state index >= 15 is 0 Å². The number of ketones is 2. The van der Waals surface area contributed by atoms with Crippen molar-refractivity contribution in [2.75, 3.05) is 138 Å². The standard InChI is InChI=1S/C91H137N15O22/c1-58-19-12-11-13-20-59(2)74(117-8)54-68-27-24-64(7)91(116,128-68)85(113)88(114)104-35-16-14-22-72(104)89(115)126-75(55-69(102-119-10)60(3)50-63(6)83(111)84(112)82(110)62(5)49-58)61(4)51-65-25-28-71(76(52-65)118-9)106-56-67(100-103-106)21-18-23-77(107)95-33-39-122-43-47-125-46-42-121-38-31-79(109)96-34-40-123-44-48-124-45-41-120-37-30-78(108)94-32-15-17-36-105-87-80(86(92)97-57-98-87)81(101-105)66-26-29-73-70(53-66)99-90(93)127-73/h11-13,19-20,26,29,50,53,56-58,60-62,64-65,68,71-72,74-76,83-84,111-112,116H,14-18,21-25,27-28,30-49,51-52,54-55H2,1-10H3,(H2,93,99)(H,94,108)(H,95,107)(H,96,109)(H2,92,97,98)/b13-11+,19-12+,59-20+,63-50+,102-69-/t58-,60-,61-,62-,64-,65+,68+,71+,72+,74+,75+,76-,83-,84+,91-/m1/s1. The third-order valence-electron chi connectivity index (χ3n) is 24.1. The highest BCUT2D eigenvalue weighted by Crippen LogP contribution is 2.41. The SMILES string of the molecule is CO/N=C1/C[C@@H]([C@H](C)C[C@@H]2CC[C@H](n3cc(CCCC(=O)NCCOCCOCCOCCC(=O)NCCOCCOCCOCCC(=O)NCCCCn4nc(-c5ccc6oc(N)nc6c5)c5c(N)ncnc54)nn3)[C@H](OC)C2)OC(=O)[C@@H]2CCCCN2C(=O)C(=O)[C@]2(O)O[C@@H](CC[C@H]2C)C[C@H](OC)/C(C)=C/C=C/C=C/[C@@H](C)C[C@@H](C)C(=O)[C@H](O)[C@H](O)/C(C)=C/[C@H]1C. The van der Waals surface area contributed by atoms with Gasteiger partial charge < -0.3 is 104 Å². The number of nitrogens with two attached hydrogens (primary N) is 2. The molecule has 4 aromatic heterocycles. The monoisotopic (exact) mass is 1790 g/mol. The van der Waals surface area contributed by atoms with Gasteiger partial charge in [0.25, 0.3) is 17.7 Å². The zero-order valence-corrected chi connectivity index (χ0v) is 76.1. The molecule has 0 unspecified atom stereocenters. The number of aliphatic hydroxyl groups excluding tert-OH is 2. The number of carbonyl (C=O) groups excluding carboxylic acids is 7. The van der Waals surface area contributed by atoms with Gasteiger partial charge in [0.2, 0.25) is 23.5 Å². The number of aromatic nitrogens is 8. The number of benzene rings is 1. The van der Waals surface area contributed by atoms with E-state index in [0.717, 1.165) is 29.7 Å². The fraction of sp³-hybridized carbons (Fsp3) is 0.670. The van der Waals surface area contributed by atoms with E-state index in [1.165, 1.54) is 18.3 Å². The number of esters is 1. The number of piperidine rings is 1. The first-order valence-corrected chi connectivity index (χ1v) is 45.2. The molecule has 10 N–H and O–H groups in total. The molecule has 128 heavy (non-hydrogen) atoms. The minimum absolute atomic E-state index is 0.0440. The first kappa shape index (κ1) is 102. The summed E-state index contributed by atoms with van der Waals surface area (Å²) >= 11 is 0. The molecule has 7 heterocycles. The van der Waals surface area contributed by atoms with Gasteiger partial charge in [-0.15, -0.1) is 5.10 Å². The zero-order chi connectivity index (χ0) is 92.1. The summed E-state index contributed by atoms with van der Waals surface area (Å²) in [5.74, 6) is -8.19. The maximum absolute atomic E-state index is 15.0. The Morgan fingerprint density at radius 1 is 0.727 bits per heavy atom. The number of amides is 4. The van der Waals surface area contributed by atoms with Crippen molar-refractivity contribution < 1.29 is 106 Å². The molecule has 2 bridgehead atoms. The van der Waals surface area contributed by atoms with Crippen molar-refractivity contribution in [3.8, 4) is 11.3 Å². The number of rotatable bonds is 41. The maximum Gasteiger partial charge on any atom is 0.329 e. The van der Waals surface area contributed by atoms with Crippen molar-refractivity contribution in [1.82, 2.24) is 60.6 Å². The Morgan fingerprint density at radius 2 is 1.40 bits per heavy atom. The molecular weight excluding hydrogens is 1660 g/mol. The van der Waals surface area contributed by atoms with Crippen LogP contribution in [0.4, 0.5) is 11.8 Å². The Hall–Kier alpha value is -9.38. The number of ether oxygens (including phenoxy) is 10. The number of nitrogens with zero attached hydrogens (tertiary/aromatic N) is 10. The second kappa shape index (κ2) is 53.1. The molecule has 1 aromatic carbocycles. The van der Waals surface area contributed by atoms with Gasteiger partial charge in [-0.3, -0.25) is 28.8 Å². The lowest BCUT2D eigenvalue weighted by atomic mass is 9.77. The Morgan fingerprint density at radius 3 is 2.08 bits per heavy atom. The molecule has 3 aliphatic heterocycles. The van der Waals surface area contributed by atoms with Gasteiger partial charge in [-0.25, -0.2) is 24.1 Å². The smallest absolute Gasteiger partial charge is 0.329 e. The van der Waals surface area contributed by atoms with Gasteiger partial charge in [-0.2, -0.15) is 10.1 Å². The number of cyclic esters (lactones) is 1. The highest BCUT2D eigenvalue weighted by Gasteiger charge is 2.53. The minimum Gasteiger partial charge on any atom is -0.460 e. The fourth-order valence-corrected chi connectivity index (χ4v) is 16.8. The lowest BCUT2D eigenvalue weighted by molar-refractivity contribution is -0.265. The summed E-state index contributed by atoms with van der Waals surface area (Å²) in [5.41, 5.74) is 17.5. The molecule has 4 amide bonds. The molecule has 4 aliphatic rings. The van der Waals surface area contributed by atoms with Crippen LogP contribution in [0.1, 0.15) is 176 Å². The van der Waals surface area contributed by atoms with Crippen molar-refractivity contribution in [2.45, 2.75) is 232 Å². The number of aliphatic hydroxyl groups is 3. The number of Topliss-reactive ketones (excluding diaryl/α,β-unsaturated/α-hetero) is 2. The van der Waals surface area contributed by atoms with Gasteiger partial charge in [0.05, 0.1) is 120 Å². The Bertz CT molecular complexity index is 4510. The molecule has 37 heteroatoms. The van der Waals surface area contributed by atoms with E-state index in [2.05, 4.69) is 46.4 Å². The first-order chi connectivity index (χ1) is 61.7. The fourth-order valence-electron chi connectivity index (χ4n) is 16.8. The molecule has 1 aliphatic carbocycles. The van der Waals surface area contributed by atoms with Crippen LogP contribution in [-0.2, 0) is 98.7 Å². The summed E-state index contributed by atoms with van der Waals surface area (Å²) in [4.78, 5) is 115. The molecule has 5 aromatic rings. The quantitative estimate of drug-likeness (QED) is 0.00614. The van der Waals surface area contributed by atoms with Crippen molar-refractivity contribution in [1.29, 1.82) is 0 Å². The van der Waals surface area contributed by atoms with E-state index in [9.17, 15) is 48.9 Å². The zero-order valence-electron chi connectivity index (χ0n) is 76.1. The number of methoxy groups -OCH3 is 2. The molecular formula is C91H137N15O22. The number of fused-ring (bicyclic) bond motifs is 5. The Kier molecular flexibility index (Phi) is 42.4. The molecule has 37 nitrogen and oxygen atoms in total. The second-order valence-electron chi connectivity index (χ2n) is 33.9. The topological polar surface area (TPSA) is 486 Å². The van der Waals surface area contributed by atoms with Crippen LogP contribution in [-0.4, -0.2) is 282 Å². The highest BCUT2D eigenvalue weighted by atomic mass is 16.6. The second-order valence-corrected chi connectivity index (χ2v) is 33.9. The van der Waals surface area contributed by atoms with Crippen LogP contribution in [0.15, 0.2) is 87.9 Å². The lowest BCUT2D eigenvalue weighted by Gasteiger charge is -2.42. The third kappa shape index (κ3) is 31.2. The molecule has 15 atom stereocenters. The number of nitrogens with one attached hydrogen (secondary N) is 3. The summed E-state index contributed by atoms with van der Waals surface area (Å²) in [6, 6.07) is 4.23. The normalized spacial score (nSPS) is 26.6. The minimum atomic E-state index is -2.47. The predicted octanol–water partition coefficient (Wildman–Crippen LogP) is 7.58. The van der Waals surface area contributed by atoms with Crippen LogP contribution in [0, 0.1) is 35.5 Å². The third-order valence-corrected chi connectivity index (χ3v) is 24.1. The number of aryl methyl sites for hydroxylation is 2. The van der Waals surface area contributed by atoms with Gasteiger partial charge in [-0.1, -0.05) is 81.4 Å². The van der Waals surface area contributed by atoms with Crippen molar-refractivity contribution in [3.63, 3.8) is 0 Å². The van der Waals surface area contributed by atoms with E-state index < -0.39 is 83.5 Å². The molecule has 3 fully saturated rings. The van der Waals surface area contributed by atoms with Gasteiger partial charge in [0.15, 0.2) is 17.0 Å². The first-order valence-electron chi connectivity index (χ1n) is 45.2. The van der Waals surface area contributed by atoms with Gasteiger partial charge in [0.1, 0.15) is 54.8 Å². The number of nitrogen functional groups attached to an aromatic ring is 2. The van der Waals surface area contributed by atoms with Crippen LogP contribution in [0.3, 0.4) is 0 Å². The van der Waals surface area contributed by atoms with E-state index in [-0.39, 0.29) is 112 Å². The molecule has 2 saturated heterocycles. The van der Waals surface area contributed by atoms with Gasteiger partial charge in [-0.05, 0) is 151 Å². The van der Waals surface area contributed by atoms with Crippen molar-refractivity contribution >= 4 is 80.8 Å². The lowest BCUT2D eigenvalue weighted by Crippen LogP contribution is -2.61. The van der Waals surface area contributed by atoms with Crippen molar-refractivity contribution in [2.24, 2.45) is 40.7 Å². The van der Waals surface area contributed by atoms with Crippen LogP contribution < -0.4 is 27.4 Å². The van der Waals surface area contributed by atoms with E-state index in [1.807, 2.05) is 81.1 Å². The number of oxazole rings is 1. The number of hydrogen-bond acceptors (Lipinski definition) is 31. The van der Waals surface area contributed by atoms with Crippen LogP contribution in [0.25, 0.3) is 33.4 Å². The van der Waals surface area contributed by atoms with Crippen LogP contribution >= 0.6 is 0 Å². The van der Waals surface area contributed by atoms with Crippen molar-refractivity contribution in [3.05, 3.63) is 84.0 Å². The number of oxime groups is 1. The maximum atomic E-state index is 15.0. The summed E-state index contributed by atoms with van der Waals surface area (Å²) in [7, 11) is 4.63. The summed E-state index contributed by atoms with van der Waals surface area (Å²) in [6.07, 6.45) is 17.7. The molecule has 0 radical (unpaired) electrons. The Labute approximate surface area is 749 Å². The molecule has 0 spiro atoms. The molecule has 9 rings (SSSR count). The average molecular weight is 1790 g/mol. The summed E-state index contributed by atoms with van der Waals surface area (Å²) < 4.78 is 67.4. The number of anilines is 2. The number of hydrogen-bond donors (Lipinski definition) is 8. The Balaban J connectivity index is 0.616. The van der Waals surface area contributed by atoms with E-state index in [4.69, 9.17) is 73.2 Å². The van der Waals surface area contributed by atoms with Gasteiger partial charge in [0, 0.05) is 109 Å². The van der Waals surface area contributed by atoms with E-state index in [1.54, 1.807) is 51.8 Å². The summed E-state index contributed by atoms with van der Waals surface area (Å²) in [6.45, 7) is 18.3. The highest BCUT2D eigenvalue weighted by molar-refractivity contribution is 6.39. The summed E-state index contributed by atoms with van der Waals surface area (Å²) in [5, 5.41) is 62.6. The number of allylic oxidation sites excluding steroid dienone is 6. The average Bonchev–Trinajstić information content (AvgIpc) is 1.62. The number of unbranched alkanes of at least 4 members (excludes halogenated alkanes) is 1. The van der Waals surface area contributed by atoms with E-state index in [0.29, 0.717) is 208 Å². The largest absolute Gasteiger partial charge is 0.460 e. The molecule has 1 saturated carbocycles. The molecule has 708 valence electrons.